The zero-order chi connectivity index (χ0) is 17.1. The van der Waals surface area contributed by atoms with Crippen molar-refractivity contribution < 1.29 is 19.0 Å². The number of rotatable bonds is 5. The summed E-state index contributed by atoms with van der Waals surface area (Å²) in [5.74, 6) is -1.07. The number of hydrogen-bond acceptors (Lipinski definition) is 5. The van der Waals surface area contributed by atoms with Gasteiger partial charge in [-0.05, 0) is 41.1 Å². The summed E-state index contributed by atoms with van der Waals surface area (Å²) in [6.07, 6.45) is 0. The minimum Gasteiger partial charge on any atom is -0.497 e. The fourth-order valence-electron chi connectivity index (χ4n) is 2.14. The van der Waals surface area contributed by atoms with E-state index in [0.717, 1.165) is 17.4 Å². The van der Waals surface area contributed by atoms with Gasteiger partial charge >= 0.3 is 5.97 Å². The topological polar surface area (TPSA) is 90.1 Å². The van der Waals surface area contributed by atoms with E-state index in [1.165, 1.54) is 16.9 Å². The van der Waals surface area contributed by atoms with E-state index in [1.807, 2.05) is 24.3 Å². The quantitative estimate of drug-likeness (QED) is 0.772. The van der Waals surface area contributed by atoms with Crippen molar-refractivity contribution in [3.8, 4) is 17.1 Å². The first-order valence-electron chi connectivity index (χ1n) is 7.01. The lowest BCUT2D eigenvalue weighted by molar-refractivity contribution is 0.0696. The van der Waals surface area contributed by atoms with Gasteiger partial charge in [-0.25, -0.2) is 9.18 Å². The molecule has 0 fully saturated rings. The number of ether oxygens (including phenoxy) is 1. The molecule has 7 nitrogen and oxygen atoms in total. The minimum absolute atomic E-state index is 0.0953. The van der Waals surface area contributed by atoms with E-state index in [1.54, 1.807) is 7.11 Å². The molecule has 1 N–H and O–H groups in total. The molecule has 0 spiro atoms. The summed E-state index contributed by atoms with van der Waals surface area (Å²) in [4.78, 5) is 12.2. The maximum Gasteiger partial charge on any atom is 0.335 e. The zero-order valence-electron chi connectivity index (χ0n) is 12.7. The zero-order valence-corrected chi connectivity index (χ0v) is 12.7. The molecule has 1 aromatic heterocycles. The van der Waals surface area contributed by atoms with E-state index in [2.05, 4.69) is 15.4 Å². The highest BCUT2D eigenvalue weighted by atomic mass is 19.1. The molecule has 0 aliphatic rings. The highest BCUT2D eigenvalue weighted by Crippen LogP contribution is 2.20. The van der Waals surface area contributed by atoms with Crippen LogP contribution < -0.4 is 4.74 Å². The Kier molecular flexibility index (Phi) is 4.19. The summed E-state index contributed by atoms with van der Waals surface area (Å²) >= 11 is 0. The standard InChI is InChI=1S/C16H13FN4O3/c1-24-12-5-2-10(3-6-12)9-21-19-15(18-20-21)13-7-4-11(16(22)23)8-14(13)17/h2-8H,9H2,1H3,(H,22,23). The molecule has 122 valence electrons. The van der Waals surface area contributed by atoms with Gasteiger partial charge in [0.1, 0.15) is 11.6 Å². The molecular weight excluding hydrogens is 315 g/mol. The van der Waals surface area contributed by atoms with Crippen molar-refractivity contribution in [1.82, 2.24) is 20.2 Å². The molecule has 1 heterocycles. The Hall–Kier alpha value is -3.29. The SMILES string of the molecule is COc1ccc(Cn2nnc(-c3ccc(C(=O)O)cc3F)n2)cc1. The molecule has 0 aliphatic heterocycles. The molecule has 0 bridgehead atoms. The van der Waals surface area contributed by atoms with Gasteiger partial charge in [0, 0.05) is 0 Å². The Bertz CT molecular complexity index is 877. The number of nitrogens with zero attached hydrogens (tertiary/aromatic N) is 4. The third kappa shape index (κ3) is 3.22. The fourth-order valence-corrected chi connectivity index (χ4v) is 2.14. The highest BCUT2D eigenvalue weighted by molar-refractivity contribution is 5.88. The van der Waals surface area contributed by atoms with Crippen LogP contribution >= 0.6 is 0 Å². The highest BCUT2D eigenvalue weighted by Gasteiger charge is 2.14. The Balaban J connectivity index is 1.81. The number of aromatic nitrogens is 4. The fraction of sp³-hybridized carbons (Fsp3) is 0.125. The Labute approximate surface area is 136 Å². The molecule has 2 aromatic carbocycles. The second kappa shape index (κ2) is 6.45. The molecule has 0 saturated heterocycles. The molecule has 8 heteroatoms. The van der Waals surface area contributed by atoms with Crippen LogP contribution in [0.15, 0.2) is 42.5 Å². The van der Waals surface area contributed by atoms with Crippen LogP contribution in [0.5, 0.6) is 5.75 Å². The molecule has 0 amide bonds. The molecule has 3 aromatic rings. The van der Waals surface area contributed by atoms with Crippen molar-refractivity contribution in [3.63, 3.8) is 0 Å². The summed E-state index contributed by atoms with van der Waals surface area (Å²) < 4.78 is 19.1. The van der Waals surface area contributed by atoms with Crippen molar-refractivity contribution >= 4 is 5.97 Å². The molecule has 3 rings (SSSR count). The number of tetrazole rings is 1. The van der Waals surface area contributed by atoms with E-state index in [0.29, 0.717) is 6.54 Å². The number of aromatic carboxylic acids is 1. The third-order valence-electron chi connectivity index (χ3n) is 3.39. The number of benzene rings is 2. The van der Waals surface area contributed by atoms with Crippen LogP contribution in [0, 0.1) is 5.82 Å². The molecule has 0 radical (unpaired) electrons. The van der Waals surface area contributed by atoms with E-state index >= 15 is 0 Å². The van der Waals surface area contributed by atoms with Crippen LogP contribution in [0.2, 0.25) is 0 Å². The second-order valence-corrected chi connectivity index (χ2v) is 4.99. The van der Waals surface area contributed by atoms with Gasteiger partial charge in [0.05, 0.1) is 24.8 Å². The van der Waals surface area contributed by atoms with Crippen LogP contribution in [0.25, 0.3) is 11.4 Å². The predicted molar refractivity (Wildman–Crippen MR) is 82.3 cm³/mol. The summed E-state index contributed by atoms with van der Waals surface area (Å²) in [7, 11) is 1.59. The van der Waals surface area contributed by atoms with Crippen LogP contribution in [0.4, 0.5) is 4.39 Å². The van der Waals surface area contributed by atoms with Crippen LogP contribution in [0.1, 0.15) is 15.9 Å². The number of carboxylic acid groups (broad SMARTS) is 1. The maximum absolute atomic E-state index is 14.0. The summed E-state index contributed by atoms with van der Waals surface area (Å²) in [6, 6.07) is 10.9. The Morgan fingerprint density at radius 2 is 2.00 bits per heavy atom. The predicted octanol–water partition coefficient (Wildman–Crippen LogP) is 2.23. The normalized spacial score (nSPS) is 10.6. The second-order valence-electron chi connectivity index (χ2n) is 4.99. The summed E-state index contributed by atoms with van der Waals surface area (Å²) in [5, 5.41) is 20.7. The van der Waals surface area contributed by atoms with E-state index in [9.17, 15) is 9.18 Å². The number of carbonyl (C=O) groups is 1. The van der Waals surface area contributed by atoms with Crippen LogP contribution in [-0.2, 0) is 6.54 Å². The maximum atomic E-state index is 14.0. The number of halogens is 1. The Morgan fingerprint density at radius 1 is 1.25 bits per heavy atom. The van der Waals surface area contributed by atoms with Crippen molar-refractivity contribution in [2.24, 2.45) is 0 Å². The Morgan fingerprint density at radius 3 is 2.62 bits per heavy atom. The first-order valence-corrected chi connectivity index (χ1v) is 7.01. The molecule has 0 unspecified atom stereocenters. The van der Waals surface area contributed by atoms with Gasteiger partial charge in [-0.1, -0.05) is 12.1 Å². The van der Waals surface area contributed by atoms with Gasteiger partial charge in [-0.3, -0.25) is 0 Å². The van der Waals surface area contributed by atoms with E-state index in [4.69, 9.17) is 9.84 Å². The molecule has 0 saturated carbocycles. The first kappa shape index (κ1) is 15.6. The minimum atomic E-state index is -1.20. The van der Waals surface area contributed by atoms with E-state index < -0.39 is 11.8 Å². The van der Waals surface area contributed by atoms with Crippen molar-refractivity contribution in [2.75, 3.05) is 7.11 Å². The van der Waals surface area contributed by atoms with Crippen molar-refractivity contribution in [2.45, 2.75) is 6.54 Å². The summed E-state index contributed by atoms with van der Waals surface area (Å²) in [6.45, 7) is 0.367. The molecular formula is C16H13FN4O3. The van der Waals surface area contributed by atoms with Crippen molar-refractivity contribution in [1.29, 1.82) is 0 Å². The average molecular weight is 328 g/mol. The van der Waals surface area contributed by atoms with Gasteiger partial charge in [-0.2, -0.15) is 4.80 Å². The van der Waals surface area contributed by atoms with Gasteiger partial charge in [0.2, 0.25) is 5.82 Å². The van der Waals surface area contributed by atoms with Crippen molar-refractivity contribution in [3.05, 3.63) is 59.4 Å². The van der Waals surface area contributed by atoms with Crippen LogP contribution in [-0.4, -0.2) is 38.4 Å². The number of carboxylic acids is 1. The lowest BCUT2D eigenvalue weighted by Gasteiger charge is -2.02. The largest absolute Gasteiger partial charge is 0.497 e. The van der Waals surface area contributed by atoms with Crippen LogP contribution in [0.3, 0.4) is 0 Å². The van der Waals surface area contributed by atoms with E-state index in [-0.39, 0.29) is 17.0 Å². The number of methoxy groups -OCH3 is 1. The monoisotopic (exact) mass is 328 g/mol. The smallest absolute Gasteiger partial charge is 0.335 e. The number of hydrogen-bond donors (Lipinski definition) is 1. The van der Waals surface area contributed by atoms with Gasteiger partial charge in [-0.15, -0.1) is 10.2 Å². The first-order chi connectivity index (χ1) is 11.6. The molecule has 0 aliphatic carbocycles. The summed E-state index contributed by atoms with van der Waals surface area (Å²) in [5.41, 5.74) is 0.893. The lowest BCUT2D eigenvalue weighted by atomic mass is 10.1. The van der Waals surface area contributed by atoms with Gasteiger partial charge in [0.15, 0.2) is 0 Å². The molecule has 24 heavy (non-hydrogen) atoms. The average Bonchev–Trinajstić information content (AvgIpc) is 3.03. The molecule has 0 atom stereocenters. The van der Waals surface area contributed by atoms with Gasteiger partial charge in [0.25, 0.3) is 0 Å². The lowest BCUT2D eigenvalue weighted by Crippen LogP contribution is -2.04. The third-order valence-corrected chi connectivity index (χ3v) is 3.39. The van der Waals surface area contributed by atoms with Gasteiger partial charge < -0.3 is 9.84 Å².